The maximum atomic E-state index is 13.0. The molecule has 212 valence electrons. The molecule has 1 aliphatic rings. The number of fused-ring (bicyclic) bond motifs is 1. The zero-order valence-corrected chi connectivity index (χ0v) is 22.3. The highest BCUT2D eigenvalue weighted by molar-refractivity contribution is 5.83. The lowest BCUT2D eigenvalue weighted by atomic mass is 9.79. The number of rotatable bonds is 9. The van der Waals surface area contributed by atoms with E-state index in [-0.39, 0.29) is 18.3 Å². The number of hydrogen-bond donors (Lipinski definition) is 2. The third-order valence-corrected chi connectivity index (χ3v) is 7.58. The van der Waals surface area contributed by atoms with Crippen LogP contribution in [0.1, 0.15) is 54.9 Å². The van der Waals surface area contributed by atoms with Gasteiger partial charge in [0.05, 0.1) is 30.8 Å². The van der Waals surface area contributed by atoms with Crippen molar-refractivity contribution in [1.29, 1.82) is 0 Å². The Kier molecular flexibility index (Phi) is 9.67. The van der Waals surface area contributed by atoms with Crippen LogP contribution in [0.15, 0.2) is 54.7 Å². The van der Waals surface area contributed by atoms with Crippen LogP contribution in [0.25, 0.3) is 10.9 Å². The zero-order chi connectivity index (χ0) is 28.7. The SMILES string of the molecule is COc1ccc2nccc([C@H](O)CC[C@@H]3CCN(CC#Cc4cccc(C(F)(F)F)c4)C[C@H]3CCC(=O)O)c2c1. The van der Waals surface area contributed by atoms with Crippen molar-refractivity contribution in [3.63, 3.8) is 0 Å². The molecule has 1 aliphatic heterocycles. The Morgan fingerprint density at radius 2 is 2.00 bits per heavy atom. The van der Waals surface area contributed by atoms with Crippen molar-refractivity contribution < 1.29 is 32.9 Å². The topological polar surface area (TPSA) is 82.9 Å². The number of halogens is 3. The lowest BCUT2D eigenvalue weighted by molar-refractivity contribution is -0.138. The van der Waals surface area contributed by atoms with Crippen LogP contribution in [0.3, 0.4) is 0 Å². The fourth-order valence-electron chi connectivity index (χ4n) is 5.43. The molecule has 0 saturated carbocycles. The summed E-state index contributed by atoms with van der Waals surface area (Å²) < 4.78 is 44.3. The number of methoxy groups -OCH3 is 1. The fourth-order valence-corrected chi connectivity index (χ4v) is 5.43. The number of likely N-dealkylation sites (tertiary alicyclic amines) is 1. The molecule has 0 radical (unpaired) electrons. The molecule has 40 heavy (non-hydrogen) atoms. The van der Waals surface area contributed by atoms with E-state index >= 15 is 0 Å². The molecule has 1 aromatic heterocycles. The Bertz CT molecular complexity index is 1380. The average Bonchev–Trinajstić information content (AvgIpc) is 2.94. The van der Waals surface area contributed by atoms with Crippen LogP contribution < -0.4 is 4.74 Å². The van der Waals surface area contributed by atoms with Crippen LogP contribution in [0.2, 0.25) is 0 Å². The number of pyridine rings is 1. The number of aliphatic hydroxyl groups is 1. The van der Waals surface area contributed by atoms with Gasteiger partial charge in [-0.3, -0.25) is 14.7 Å². The number of alkyl halides is 3. The van der Waals surface area contributed by atoms with E-state index < -0.39 is 23.8 Å². The second kappa shape index (κ2) is 13.2. The summed E-state index contributed by atoms with van der Waals surface area (Å²) in [6, 6.07) is 12.3. The Morgan fingerprint density at radius 3 is 2.75 bits per heavy atom. The summed E-state index contributed by atoms with van der Waals surface area (Å²) in [7, 11) is 1.59. The Labute approximate surface area is 231 Å². The number of carboxylic acid groups (broad SMARTS) is 1. The molecule has 3 atom stereocenters. The third kappa shape index (κ3) is 7.74. The first-order valence-electron chi connectivity index (χ1n) is 13.3. The Morgan fingerprint density at radius 1 is 1.18 bits per heavy atom. The number of carbonyl (C=O) groups is 1. The van der Waals surface area contributed by atoms with Crippen LogP contribution in [0.5, 0.6) is 5.75 Å². The van der Waals surface area contributed by atoms with Crippen LogP contribution in [0, 0.1) is 23.7 Å². The molecule has 0 bridgehead atoms. The van der Waals surface area contributed by atoms with Crippen molar-refractivity contribution in [2.75, 3.05) is 26.7 Å². The van der Waals surface area contributed by atoms with Gasteiger partial charge in [0.1, 0.15) is 5.75 Å². The maximum absolute atomic E-state index is 13.0. The second-order valence-corrected chi connectivity index (χ2v) is 10.2. The van der Waals surface area contributed by atoms with Crippen molar-refractivity contribution in [1.82, 2.24) is 9.88 Å². The van der Waals surface area contributed by atoms with E-state index in [1.165, 1.54) is 6.07 Å². The van der Waals surface area contributed by atoms with Crippen molar-refractivity contribution >= 4 is 16.9 Å². The van der Waals surface area contributed by atoms with Crippen molar-refractivity contribution in [2.45, 2.75) is 44.4 Å². The first-order valence-corrected chi connectivity index (χ1v) is 13.3. The Hall–Kier alpha value is -3.61. The summed E-state index contributed by atoms with van der Waals surface area (Å²) in [5.74, 6) is 6.00. The third-order valence-electron chi connectivity index (χ3n) is 7.58. The fraction of sp³-hybridized carbons (Fsp3) is 0.419. The van der Waals surface area contributed by atoms with Gasteiger partial charge in [0.2, 0.25) is 0 Å². The molecular formula is C31H33F3N2O4. The molecule has 4 rings (SSSR count). The van der Waals surface area contributed by atoms with Gasteiger partial charge in [0.25, 0.3) is 0 Å². The van der Waals surface area contributed by atoms with Crippen molar-refractivity contribution in [3.8, 4) is 17.6 Å². The monoisotopic (exact) mass is 554 g/mol. The lowest BCUT2D eigenvalue weighted by Crippen LogP contribution is -2.41. The van der Waals surface area contributed by atoms with E-state index in [0.29, 0.717) is 37.2 Å². The zero-order valence-electron chi connectivity index (χ0n) is 22.3. The van der Waals surface area contributed by atoms with Gasteiger partial charge in [-0.25, -0.2) is 0 Å². The van der Waals surface area contributed by atoms with Gasteiger partial charge in [-0.05, 0) is 92.1 Å². The number of piperidine rings is 1. The molecule has 6 nitrogen and oxygen atoms in total. The minimum atomic E-state index is -4.41. The van der Waals surface area contributed by atoms with Gasteiger partial charge in [-0.2, -0.15) is 13.2 Å². The number of benzene rings is 2. The minimum absolute atomic E-state index is 0.0578. The number of nitrogens with zero attached hydrogens (tertiary/aromatic N) is 2. The summed E-state index contributed by atoms with van der Waals surface area (Å²) in [5.41, 5.74) is 1.14. The average molecular weight is 555 g/mol. The molecule has 2 heterocycles. The number of ether oxygens (including phenoxy) is 1. The standard InChI is InChI=1S/C31H33F3N2O4/c1-40-25-9-10-28-27(19-25)26(13-15-35-28)29(37)11-7-22-14-17-36(20-23(22)8-12-30(38)39)16-3-5-21-4-2-6-24(18-21)31(32,33)34/h2,4,6,9-10,13,15,18-19,22-23,29,37H,7-8,11-12,14,16-17,20H2,1H3,(H,38,39)/t22-,23-,29-/m1/s1. The highest BCUT2D eigenvalue weighted by Gasteiger charge is 2.31. The predicted octanol–water partition coefficient (Wildman–Crippen LogP) is 5.93. The summed E-state index contributed by atoms with van der Waals surface area (Å²) >= 11 is 0. The molecule has 9 heteroatoms. The smallest absolute Gasteiger partial charge is 0.416 e. The van der Waals surface area contributed by atoms with Crippen LogP contribution in [-0.2, 0) is 11.0 Å². The van der Waals surface area contributed by atoms with E-state index in [4.69, 9.17) is 4.74 Å². The van der Waals surface area contributed by atoms with Gasteiger partial charge in [-0.1, -0.05) is 17.9 Å². The quantitative estimate of drug-likeness (QED) is 0.319. The van der Waals surface area contributed by atoms with Crippen molar-refractivity contribution in [2.24, 2.45) is 11.8 Å². The van der Waals surface area contributed by atoms with E-state index in [1.807, 2.05) is 24.3 Å². The van der Waals surface area contributed by atoms with Gasteiger partial charge in [0, 0.05) is 30.1 Å². The van der Waals surface area contributed by atoms with E-state index in [0.717, 1.165) is 48.0 Å². The maximum Gasteiger partial charge on any atom is 0.416 e. The highest BCUT2D eigenvalue weighted by Crippen LogP contribution is 2.35. The normalized spacial score (nSPS) is 18.6. The minimum Gasteiger partial charge on any atom is -0.497 e. The summed E-state index contributed by atoms with van der Waals surface area (Å²) in [5, 5.41) is 21.2. The molecular weight excluding hydrogens is 521 g/mol. The van der Waals surface area contributed by atoms with Crippen molar-refractivity contribution in [3.05, 3.63) is 71.4 Å². The molecule has 2 aromatic carbocycles. The number of aliphatic hydroxyl groups excluding tert-OH is 1. The van der Waals surface area contributed by atoms with Gasteiger partial charge < -0.3 is 14.9 Å². The molecule has 1 fully saturated rings. The Balaban J connectivity index is 1.39. The summed E-state index contributed by atoms with van der Waals surface area (Å²) in [4.78, 5) is 17.8. The van der Waals surface area contributed by atoms with E-state index in [2.05, 4.69) is 21.7 Å². The number of aromatic nitrogens is 1. The molecule has 0 spiro atoms. The van der Waals surface area contributed by atoms with Gasteiger partial charge in [0.15, 0.2) is 0 Å². The van der Waals surface area contributed by atoms with E-state index in [9.17, 15) is 28.2 Å². The number of carboxylic acids is 1. The summed E-state index contributed by atoms with van der Waals surface area (Å²) in [6.45, 7) is 1.79. The molecule has 2 N–H and O–H groups in total. The number of hydrogen-bond acceptors (Lipinski definition) is 5. The largest absolute Gasteiger partial charge is 0.497 e. The molecule has 3 aromatic rings. The first-order chi connectivity index (χ1) is 19.1. The first kappa shape index (κ1) is 29.4. The molecule has 0 aliphatic carbocycles. The lowest BCUT2D eigenvalue weighted by Gasteiger charge is -2.38. The van der Waals surface area contributed by atoms with Crippen LogP contribution in [0.4, 0.5) is 13.2 Å². The van der Waals surface area contributed by atoms with Crippen LogP contribution >= 0.6 is 0 Å². The molecule has 0 unspecified atom stereocenters. The predicted molar refractivity (Wildman–Crippen MR) is 146 cm³/mol. The highest BCUT2D eigenvalue weighted by atomic mass is 19.4. The second-order valence-electron chi connectivity index (χ2n) is 10.2. The number of aliphatic carboxylic acids is 1. The van der Waals surface area contributed by atoms with Gasteiger partial charge >= 0.3 is 12.1 Å². The van der Waals surface area contributed by atoms with E-state index in [1.54, 1.807) is 19.4 Å². The molecule has 1 saturated heterocycles. The molecule has 0 amide bonds. The summed E-state index contributed by atoms with van der Waals surface area (Å²) in [6.07, 6.45) is -0.764. The van der Waals surface area contributed by atoms with Crippen LogP contribution in [-0.4, -0.2) is 52.8 Å². The van der Waals surface area contributed by atoms with Gasteiger partial charge in [-0.15, -0.1) is 0 Å².